The molecular formula is C31H28Cl2N2O2. The molecule has 6 heteroatoms. The largest absolute Gasteiger partial charge is 0.350 e. The van der Waals surface area contributed by atoms with Gasteiger partial charge in [0.1, 0.15) is 6.04 Å². The highest BCUT2D eigenvalue weighted by Gasteiger charge is 2.31. The maximum Gasteiger partial charge on any atom is 0.247 e. The van der Waals surface area contributed by atoms with E-state index in [9.17, 15) is 9.59 Å². The maximum atomic E-state index is 13.7. The molecule has 4 rings (SSSR count). The molecule has 0 aliphatic heterocycles. The smallest absolute Gasteiger partial charge is 0.247 e. The standard InChI is InChI=1S/C31H28Cl2N2O2/c32-27-18-17-26(28(33)20-27)21-34-31(37)30(25-14-8-3-9-15-25)35(22-24-12-6-2-7-13-24)29(36)19-16-23-10-4-1-5-11-23/h1-15,17-18,20,30H,16,19,21-22H2,(H,34,37)/t30-/m1/s1. The third-order valence-corrected chi connectivity index (χ3v) is 6.72. The van der Waals surface area contributed by atoms with Crippen molar-refractivity contribution in [3.05, 3.63) is 141 Å². The fraction of sp³-hybridized carbons (Fsp3) is 0.161. The topological polar surface area (TPSA) is 49.4 Å². The first kappa shape index (κ1) is 26.5. The summed E-state index contributed by atoms with van der Waals surface area (Å²) in [6.07, 6.45) is 0.880. The average molecular weight is 531 g/mol. The molecule has 4 nitrogen and oxygen atoms in total. The van der Waals surface area contributed by atoms with Crippen LogP contribution in [0.1, 0.15) is 34.7 Å². The lowest BCUT2D eigenvalue weighted by Gasteiger charge is -2.32. The number of amides is 2. The second kappa shape index (κ2) is 13.1. The zero-order valence-corrected chi connectivity index (χ0v) is 21.8. The van der Waals surface area contributed by atoms with Gasteiger partial charge in [0.2, 0.25) is 11.8 Å². The summed E-state index contributed by atoms with van der Waals surface area (Å²) in [5.74, 6) is -0.373. The van der Waals surface area contributed by atoms with Gasteiger partial charge in [-0.25, -0.2) is 0 Å². The highest BCUT2D eigenvalue weighted by atomic mass is 35.5. The summed E-state index contributed by atoms with van der Waals surface area (Å²) in [5, 5.41) is 4.00. The van der Waals surface area contributed by atoms with E-state index in [1.165, 1.54) is 0 Å². The molecule has 0 saturated carbocycles. The van der Waals surface area contributed by atoms with Crippen molar-refractivity contribution in [2.24, 2.45) is 0 Å². The summed E-state index contributed by atoms with van der Waals surface area (Å²) in [4.78, 5) is 29.1. The molecule has 2 amide bonds. The van der Waals surface area contributed by atoms with Gasteiger partial charge in [0.05, 0.1) is 0 Å². The molecule has 0 unspecified atom stereocenters. The molecule has 188 valence electrons. The molecule has 0 spiro atoms. The monoisotopic (exact) mass is 530 g/mol. The van der Waals surface area contributed by atoms with E-state index in [2.05, 4.69) is 5.32 Å². The number of carbonyl (C=O) groups is 2. The minimum absolute atomic E-state index is 0.0961. The molecule has 37 heavy (non-hydrogen) atoms. The molecule has 0 aliphatic rings. The van der Waals surface area contributed by atoms with Crippen molar-refractivity contribution in [3.8, 4) is 0 Å². The minimum atomic E-state index is -0.809. The second-order valence-electron chi connectivity index (χ2n) is 8.76. The van der Waals surface area contributed by atoms with E-state index in [0.29, 0.717) is 23.0 Å². The SMILES string of the molecule is O=C(NCc1ccc(Cl)cc1Cl)[C@@H](c1ccccc1)N(Cc1ccccc1)C(=O)CCc1ccccc1. The van der Waals surface area contributed by atoms with Crippen LogP contribution in [0.25, 0.3) is 0 Å². The van der Waals surface area contributed by atoms with Crippen LogP contribution in [-0.4, -0.2) is 16.7 Å². The number of hydrogen-bond donors (Lipinski definition) is 1. The number of benzene rings is 4. The van der Waals surface area contributed by atoms with Gasteiger partial charge in [0, 0.05) is 29.6 Å². The van der Waals surface area contributed by atoms with Gasteiger partial charge in [0.25, 0.3) is 0 Å². The summed E-state index contributed by atoms with van der Waals surface area (Å²) in [6, 6.07) is 33.4. The van der Waals surface area contributed by atoms with Gasteiger partial charge in [-0.3, -0.25) is 9.59 Å². The van der Waals surface area contributed by atoms with Crippen LogP contribution in [0, 0.1) is 0 Å². The molecule has 1 atom stereocenters. The van der Waals surface area contributed by atoms with Crippen molar-refractivity contribution in [2.75, 3.05) is 0 Å². The summed E-state index contributed by atoms with van der Waals surface area (Å²) >= 11 is 12.4. The lowest BCUT2D eigenvalue weighted by atomic mass is 10.0. The van der Waals surface area contributed by atoms with Crippen LogP contribution in [0.5, 0.6) is 0 Å². The number of nitrogens with one attached hydrogen (secondary N) is 1. The first-order valence-electron chi connectivity index (χ1n) is 12.1. The first-order chi connectivity index (χ1) is 18.0. The van der Waals surface area contributed by atoms with Gasteiger partial charge in [-0.2, -0.15) is 0 Å². The Hall–Kier alpha value is -3.60. The zero-order valence-electron chi connectivity index (χ0n) is 20.3. The lowest BCUT2D eigenvalue weighted by molar-refractivity contribution is -0.141. The molecule has 4 aromatic carbocycles. The predicted molar refractivity (Wildman–Crippen MR) is 149 cm³/mol. The summed E-state index contributed by atoms with van der Waals surface area (Å²) in [7, 11) is 0. The van der Waals surface area contributed by atoms with Crippen molar-refractivity contribution in [3.63, 3.8) is 0 Å². The normalized spacial score (nSPS) is 11.5. The van der Waals surface area contributed by atoms with Crippen molar-refractivity contribution in [2.45, 2.75) is 32.0 Å². The molecule has 4 aromatic rings. The minimum Gasteiger partial charge on any atom is -0.350 e. The molecule has 0 saturated heterocycles. The summed E-state index contributed by atoms with van der Waals surface area (Å²) < 4.78 is 0. The number of aryl methyl sites for hydroxylation is 1. The highest BCUT2D eigenvalue weighted by molar-refractivity contribution is 6.35. The quantitative estimate of drug-likeness (QED) is 0.239. The van der Waals surface area contributed by atoms with E-state index >= 15 is 0 Å². The molecule has 0 bridgehead atoms. The Balaban J connectivity index is 1.62. The van der Waals surface area contributed by atoms with Crippen molar-refractivity contribution < 1.29 is 9.59 Å². The second-order valence-corrected chi connectivity index (χ2v) is 9.60. The molecule has 0 aromatic heterocycles. The summed E-state index contributed by atoms with van der Waals surface area (Å²) in [5.41, 5.74) is 3.51. The van der Waals surface area contributed by atoms with Crippen LogP contribution in [0.15, 0.2) is 109 Å². The predicted octanol–water partition coefficient (Wildman–Crippen LogP) is 7.01. The van der Waals surface area contributed by atoms with Crippen LogP contribution in [0.4, 0.5) is 0 Å². The highest BCUT2D eigenvalue weighted by Crippen LogP contribution is 2.26. The molecule has 0 radical (unpaired) electrons. The Morgan fingerprint density at radius 2 is 1.35 bits per heavy atom. The van der Waals surface area contributed by atoms with Crippen LogP contribution < -0.4 is 5.32 Å². The molecule has 0 fully saturated rings. The lowest BCUT2D eigenvalue weighted by Crippen LogP contribution is -2.43. The molecule has 1 N–H and O–H groups in total. The Kier molecular flexibility index (Phi) is 9.36. The number of nitrogens with zero attached hydrogens (tertiary/aromatic N) is 1. The van der Waals surface area contributed by atoms with Gasteiger partial charge >= 0.3 is 0 Å². The fourth-order valence-corrected chi connectivity index (χ4v) is 4.67. The van der Waals surface area contributed by atoms with E-state index in [0.717, 1.165) is 22.3 Å². The van der Waals surface area contributed by atoms with Crippen LogP contribution in [0.2, 0.25) is 10.0 Å². The van der Waals surface area contributed by atoms with Crippen LogP contribution >= 0.6 is 23.2 Å². The van der Waals surface area contributed by atoms with Crippen molar-refractivity contribution in [1.29, 1.82) is 0 Å². The van der Waals surface area contributed by atoms with E-state index < -0.39 is 6.04 Å². The number of rotatable bonds is 10. The van der Waals surface area contributed by atoms with Crippen LogP contribution in [0.3, 0.4) is 0 Å². The molecule has 0 aliphatic carbocycles. The summed E-state index contributed by atoms with van der Waals surface area (Å²) in [6.45, 7) is 0.526. The number of hydrogen-bond acceptors (Lipinski definition) is 2. The fourth-order valence-electron chi connectivity index (χ4n) is 4.20. The van der Waals surface area contributed by atoms with Crippen molar-refractivity contribution >= 4 is 35.0 Å². The van der Waals surface area contributed by atoms with Gasteiger partial charge in [-0.1, -0.05) is 120 Å². The molecular weight excluding hydrogens is 503 g/mol. The van der Waals surface area contributed by atoms with E-state index in [1.807, 2.05) is 91.0 Å². The van der Waals surface area contributed by atoms with E-state index in [-0.39, 0.29) is 24.8 Å². The van der Waals surface area contributed by atoms with Crippen LogP contribution in [-0.2, 0) is 29.1 Å². The number of carbonyl (C=O) groups excluding carboxylic acids is 2. The van der Waals surface area contributed by atoms with Crippen molar-refractivity contribution in [1.82, 2.24) is 10.2 Å². The van der Waals surface area contributed by atoms with Gasteiger partial charge < -0.3 is 10.2 Å². The molecule has 0 heterocycles. The van der Waals surface area contributed by atoms with Gasteiger partial charge in [-0.15, -0.1) is 0 Å². The number of halogens is 2. The Morgan fingerprint density at radius 3 is 1.97 bits per heavy atom. The van der Waals surface area contributed by atoms with E-state index in [4.69, 9.17) is 23.2 Å². The Labute approximate surface area is 227 Å². The maximum absolute atomic E-state index is 13.7. The first-order valence-corrected chi connectivity index (χ1v) is 12.9. The third kappa shape index (κ3) is 7.45. The Morgan fingerprint density at radius 1 is 0.757 bits per heavy atom. The third-order valence-electron chi connectivity index (χ3n) is 6.13. The van der Waals surface area contributed by atoms with E-state index in [1.54, 1.807) is 23.1 Å². The zero-order chi connectivity index (χ0) is 26.0. The van der Waals surface area contributed by atoms with Gasteiger partial charge in [-0.05, 0) is 40.8 Å². The van der Waals surface area contributed by atoms with Gasteiger partial charge in [0.15, 0.2) is 0 Å². The Bertz CT molecular complexity index is 1320. The average Bonchev–Trinajstić information content (AvgIpc) is 2.92.